The van der Waals surface area contributed by atoms with Crippen LogP contribution in [-0.2, 0) is 19.7 Å². The molecule has 118 valence electrons. The summed E-state index contributed by atoms with van der Waals surface area (Å²) in [6, 6.07) is 0. The van der Waals surface area contributed by atoms with Gasteiger partial charge in [-0.25, -0.2) is 0 Å². The van der Waals surface area contributed by atoms with Crippen molar-refractivity contribution in [3.05, 3.63) is 11.7 Å². The maximum atomic E-state index is 12.0. The molecule has 1 unspecified atom stereocenters. The van der Waals surface area contributed by atoms with Crippen LogP contribution in [0.5, 0.6) is 0 Å². The fraction of sp³-hybridized carbons (Fsp3) is 0.786. The Balaban J connectivity index is 2.12. The van der Waals surface area contributed by atoms with Gasteiger partial charge in [0.15, 0.2) is 0 Å². The number of hydrogen-bond acceptors (Lipinski definition) is 7. The highest BCUT2D eigenvalue weighted by atomic mass is 16.5. The molecule has 0 saturated carbocycles. The van der Waals surface area contributed by atoms with Gasteiger partial charge in [0.2, 0.25) is 11.7 Å². The average Bonchev–Trinajstić information content (AvgIpc) is 2.98. The first-order valence-electron chi connectivity index (χ1n) is 7.34. The Hall–Kier alpha value is -1.47. The van der Waals surface area contributed by atoms with E-state index in [2.05, 4.69) is 22.0 Å². The Morgan fingerprint density at radius 2 is 2.24 bits per heavy atom. The molecule has 1 fully saturated rings. The second-order valence-corrected chi connectivity index (χ2v) is 5.56. The number of ether oxygens (including phenoxy) is 2. The fourth-order valence-corrected chi connectivity index (χ4v) is 2.16. The van der Waals surface area contributed by atoms with Gasteiger partial charge in [-0.3, -0.25) is 9.69 Å². The molecular weight excluding hydrogens is 274 g/mol. The highest BCUT2D eigenvalue weighted by Gasteiger charge is 2.38. The van der Waals surface area contributed by atoms with E-state index in [-0.39, 0.29) is 18.0 Å². The summed E-state index contributed by atoms with van der Waals surface area (Å²) in [6.07, 6.45) is -0.214. The van der Waals surface area contributed by atoms with Crippen molar-refractivity contribution in [3.8, 4) is 0 Å². The minimum Gasteiger partial charge on any atom is -0.465 e. The molecule has 7 nitrogen and oxygen atoms in total. The van der Waals surface area contributed by atoms with Crippen molar-refractivity contribution in [2.45, 2.75) is 39.2 Å². The predicted molar refractivity (Wildman–Crippen MR) is 74.8 cm³/mol. The van der Waals surface area contributed by atoms with Crippen LogP contribution in [-0.4, -0.2) is 53.9 Å². The lowest BCUT2D eigenvalue weighted by molar-refractivity contribution is -0.149. The van der Waals surface area contributed by atoms with Crippen molar-refractivity contribution < 1.29 is 18.8 Å². The monoisotopic (exact) mass is 297 g/mol. The lowest BCUT2D eigenvalue weighted by Crippen LogP contribution is -2.38. The molecule has 0 bridgehead atoms. The number of esters is 1. The van der Waals surface area contributed by atoms with E-state index in [0.29, 0.717) is 19.0 Å². The number of rotatable bonds is 5. The van der Waals surface area contributed by atoms with Crippen LogP contribution < -0.4 is 0 Å². The zero-order valence-corrected chi connectivity index (χ0v) is 13.1. The summed E-state index contributed by atoms with van der Waals surface area (Å²) in [7, 11) is 0. The number of likely N-dealkylation sites (N-methyl/N-ethyl adjacent to an activating group) is 1. The summed E-state index contributed by atoms with van der Waals surface area (Å²) < 4.78 is 16.0. The minimum absolute atomic E-state index is 0.214. The third kappa shape index (κ3) is 3.41. The molecule has 1 aliphatic heterocycles. The van der Waals surface area contributed by atoms with E-state index in [0.717, 1.165) is 19.6 Å². The van der Waals surface area contributed by atoms with Crippen LogP contribution >= 0.6 is 0 Å². The van der Waals surface area contributed by atoms with Crippen molar-refractivity contribution in [2.24, 2.45) is 0 Å². The van der Waals surface area contributed by atoms with Gasteiger partial charge in [0, 0.05) is 13.1 Å². The second-order valence-electron chi connectivity index (χ2n) is 5.56. The summed E-state index contributed by atoms with van der Waals surface area (Å²) in [5.74, 6) is 0.369. The normalized spacial score (nSPS) is 20.5. The van der Waals surface area contributed by atoms with E-state index in [4.69, 9.17) is 14.0 Å². The predicted octanol–water partition coefficient (Wildman–Crippen LogP) is 1.30. The largest absolute Gasteiger partial charge is 0.465 e. The molecular formula is C14H23N3O4. The number of morpholine rings is 1. The number of carbonyl (C=O) groups excluding carboxylic acids is 1. The van der Waals surface area contributed by atoms with E-state index >= 15 is 0 Å². The van der Waals surface area contributed by atoms with Gasteiger partial charge >= 0.3 is 5.97 Å². The molecule has 1 aromatic heterocycles. The Morgan fingerprint density at radius 1 is 1.48 bits per heavy atom. The van der Waals surface area contributed by atoms with Gasteiger partial charge in [-0.2, -0.15) is 4.98 Å². The molecule has 1 aromatic rings. The lowest BCUT2D eigenvalue weighted by Gasteiger charge is -2.30. The van der Waals surface area contributed by atoms with Crippen molar-refractivity contribution in [2.75, 3.05) is 32.8 Å². The Morgan fingerprint density at radius 3 is 2.90 bits per heavy atom. The lowest BCUT2D eigenvalue weighted by atomic mass is 9.94. The zero-order chi connectivity index (χ0) is 15.5. The van der Waals surface area contributed by atoms with Crippen LogP contribution in [0.25, 0.3) is 0 Å². The van der Waals surface area contributed by atoms with Crippen LogP contribution in [0.3, 0.4) is 0 Å². The minimum atomic E-state index is -0.958. The first-order chi connectivity index (χ1) is 9.98. The molecule has 1 atom stereocenters. The number of nitrogens with zero attached hydrogens (tertiary/aromatic N) is 3. The fourth-order valence-electron chi connectivity index (χ4n) is 2.16. The third-order valence-corrected chi connectivity index (χ3v) is 3.65. The van der Waals surface area contributed by atoms with E-state index in [1.165, 1.54) is 0 Å². The summed E-state index contributed by atoms with van der Waals surface area (Å²) in [5.41, 5.74) is -0.958. The van der Waals surface area contributed by atoms with Crippen LogP contribution in [0.4, 0.5) is 0 Å². The Labute approximate surface area is 124 Å². The zero-order valence-electron chi connectivity index (χ0n) is 13.1. The maximum absolute atomic E-state index is 12.0. The number of aromatic nitrogens is 2. The molecule has 0 aromatic carbocycles. The maximum Gasteiger partial charge on any atom is 0.321 e. The highest BCUT2D eigenvalue weighted by molar-refractivity contribution is 5.80. The molecule has 0 N–H and O–H groups in total. The topological polar surface area (TPSA) is 77.7 Å². The van der Waals surface area contributed by atoms with Crippen LogP contribution in [0.1, 0.15) is 45.5 Å². The number of carbonyl (C=O) groups is 1. The summed E-state index contributed by atoms with van der Waals surface area (Å²) in [5, 5.41) is 3.97. The average molecular weight is 297 g/mol. The molecule has 0 aliphatic carbocycles. The van der Waals surface area contributed by atoms with Gasteiger partial charge in [0.1, 0.15) is 11.5 Å². The molecule has 1 saturated heterocycles. The van der Waals surface area contributed by atoms with Crippen molar-refractivity contribution in [1.82, 2.24) is 15.0 Å². The standard InChI is InChI=1S/C14H23N3O4/c1-5-17-7-8-20-10(9-17)11-15-12(21-16-11)14(3,4)13(18)19-6-2/h10H,5-9H2,1-4H3. The first kappa shape index (κ1) is 15.9. The van der Waals surface area contributed by atoms with Gasteiger partial charge in [-0.15, -0.1) is 0 Å². The van der Waals surface area contributed by atoms with Crippen LogP contribution in [0.15, 0.2) is 4.52 Å². The molecule has 0 spiro atoms. The van der Waals surface area contributed by atoms with E-state index in [1.54, 1.807) is 20.8 Å². The van der Waals surface area contributed by atoms with Crippen LogP contribution in [0, 0.1) is 0 Å². The Kier molecular flexibility index (Phi) is 4.95. The molecule has 21 heavy (non-hydrogen) atoms. The summed E-state index contributed by atoms with van der Waals surface area (Å²) in [6.45, 7) is 10.9. The SMILES string of the molecule is CCOC(=O)C(C)(C)c1nc(C2CN(CC)CCO2)no1. The molecule has 2 rings (SSSR count). The number of hydrogen-bond donors (Lipinski definition) is 0. The molecule has 7 heteroatoms. The van der Waals surface area contributed by atoms with E-state index in [9.17, 15) is 4.79 Å². The smallest absolute Gasteiger partial charge is 0.321 e. The van der Waals surface area contributed by atoms with Crippen LogP contribution in [0.2, 0.25) is 0 Å². The second kappa shape index (κ2) is 6.53. The van der Waals surface area contributed by atoms with Crippen molar-refractivity contribution in [3.63, 3.8) is 0 Å². The van der Waals surface area contributed by atoms with Gasteiger partial charge < -0.3 is 14.0 Å². The third-order valence-electron chi connectivity index (χ3n) is 3.65. The van der Waals surface area contributed by atoms with Crippen molar-refractivity contribution in [1.29, 1.82) is 0 Å². The quantitative estimate of drug-likeness (QED) is 0.758. The Bertz CT molecular complexity index is 486. The van der Waals surface area contributed by atoms with Gasteiger partial charge in [0.25, 0.3) is 0 Å². The van der Waals surface area contributed by atoms with E-state index < -0.39 is 5.41 Å². The highest BCUT2D eigenvalue weighted by Crippen LogP contribution is 2.26. The molecule has 0 radical (unpaired) electrons. The summed E-state index contributed by atoms with van der Waals surface area (Å²) >= 11 is 0. The molecule has 0 amide bonds. The first-order valence-corrected chi connectivity index (χ1v) is 7.34. The van der Waals surface area contributed by atoms with Gasteiger partial charge in [-0.1, -0.05) is 12.1 Å². The summed E-state index contributed by atoms with van der Waals surface area (Å²) in [4.78, 5) is 18.6. The molecule has 2 heterocycles. The molecule has 1 aliphatic rings. The van der Waals surface area contributed by atoms with E-state index in [1.807, 2.05) is 0 Å². The van der Waals surface area contributed by atoms with Gasteiger partial charge in [-0.05, 0) is 27.3 Å². The van der Waals surface area contributed by atoms with Gasteiger partial charge in [0.05, 0.1) is 13.2 Å². The van der Waals surface area contributed by atoms with Crippen molar-refractivity contribution >= 4 is 5.97 Å².